The van der Waals surface area contributed by atoms with Crippen molar-refractivity contribution in [3.63, 3.8) is 0 Å². The molecule has 0 unspecified atom stereocenters. The molecule has 0 atom stereocenters. The van der Waals surface area contributed by atoms with Crippen LogP contribution in [-0.2, 0) is 13.1 Å². The van der Waals surface area contributed by atoms with Crippen molar-refractivity contribution >= 4 is 5.96 Å². The van der Waals surface area contributed by atoms with Crippen LogP contribution in [0.25, 0.3) is 0 Å². The molecule has 1 saturated heterocycles. The second-order valence-electron chi connectivity index (χ2n) is 8.84. The Morgan fingerprint density at radius 3 is 2.52 bits per heavy atom. The lowest BCUT2D eigenvalue weighted by Crippen LogP contribution is -2.50. The molecule has 1 aromatic carbocycles. The summed E-state index contributed by atoms with van der Waals surface area (Å²) in [5.74, 6) is 0.689. The average Bonchev–Trinajstić information content (AvgIpc) is 2.74. The molecule has 1 aliphatic heterocycles. The van der Waals surface area contributed by atoms with Gasteiger partial charge in [-0.1, -0.05) is 25.3 Å². The zero-order chi connectivity index (χ0) is 20.6. The quantitative estimate of drug-likeness (QED) is 0.565. The highest BCUT2D eigenvalue weighted by Gasteiger charge is 2.26. The average molecular weight is 404 g/mol. The van der Waals surface area contributed by atoms with E-state index in [1.165, 1.54) is 58.0 Å². The minimum atomic E-state index is -0.144. The van der Waals surface area contributed by atoms with Gasteiger partial charge in [-0.3, -0.25) is 4.99 Å². The third kappa shape index (κ3) is 6.68. The Morgan fingerprint density at radius 1 is 1.14 bits per heavy atom. The van der Waals surface area contributed by atoms with Crippen LogP contribution in [0.4, 0.5) is 4.39 Å². The fraction of sp³-hybridized carbons (Fsp3) is 0.696. The van der Waals surface area contributed by atoms with E-state index in [4.69, 9.17) is 0 Å². The molecule has 3 rings (SSSR count). The maximum absolute atomic E-state index is 14.0. The predicted octanol–water partition coefficient (Wildman–Crippen LogP) is 3.35. The molecule has 1 heterocycles. The normalized spacial score (nSPS) is 20.2. The van der Waals surface area contributed by atoms with Crippen molar-refractivity contribution in [1.29, 1.82) is 0 Å². The Morgan fingerprint density at radius 2 is 1.86 bits per heavy atom. The Hall–Kier alpha value is -1.66. The van der Waals surface area contributed by atoms with Gasteiger partial charge < -0.3 is 20.4 Å². The predicted molar refractivity (Wildman–Crippen MR) is 119 cm³/mol. The molecular formula is C23H38FN5. The number of aliphatic imine (C=N–C) groups is 1. The van der Waals surface area contributed by atoms with Gasteiger partial charge in [-0.2, -0.15) is 0 Å². The van der Waals surface area contributed by atoms with E-state index in [0.29, 0.717) is 19.1 Å². The largest absolute Gasteiger partial charge is 0.354 e. The Bertz CT molecular complexity index is 661. The van der Waals surface area contributed by atoms with Crippen LogP contribution < -0.4 is 10.6 Å². The van der Waals surface area contributed by atoms with Crippen molar-refractivity contribution in [3.8, 4) is 0 Å². The lowest BCUT2D eigenvalue weighted by Gasteiger charge is -2.39. The summed E-state index contributed by atoms with van der Waals surface area (Å²) in [6, 6.07) is 6.64. The van der Waals surface area contributed by atoms with E-state index >= 15 is 0 Å². The molecular weight excluding hydrogens is 365 g/mol. The lowest BCUT2D eigenvalue weighted by atomic mass is 9.92. The number of nitrogens with zero attached hydrogens (tertiary/aromatic N) is 3. The van der Waals surface area contributed by atoms with Gasteiger partial charge in [0.2, 0.25) is 0 Å². The van der Waals surface area contributed by atoms with Crippen LogP contribution in [0.2, 0.25) is 0 Å². The summed E-state index contributed by atoms with van der Waals surface area (Å²) in [7, 11) is 5.72. The van der Waals surface area contributed by atoms with E-state index in [-0.39, 0.29) is 5.82 Å². The van der Waals surface area contributed by atoms with Crippen LogP contribution in [0.5, 0.6) is 0 Å². The van der Waals surface area contributed by atoms with Crippen LogP contribution in [0, 0.1) is 5.82 Å². The van der Waals surface area contributed by atoms with Crippen molar-refractivity contribution in [2.45, 2.75) is 70.1 Å². The van der Waals surface area contributed by atoms with Crippen LogP contribution in [0.3, 0.4) is 0 Å². The molecule has 0 amide bonds. The maximum atomic E-state index is 14.0. The van der Waals surface area contributed by atoms with Crippen LogP contribution in [0.15, 0.2) is 23.2 Å². The van der Waals surface area contributed by atoms with Crippen LogP contribution in [0.1, 0.15) is 56.1 Å². The smallest absolute Gasteiger partial charge is 0.191 e. The van der Waals surface area contributed by atoms with E-state index in [1.807, 2.05) is 38.2 Å². The fourth-order valence-electron chi connectivity index (χ4n) is 4.63. The molecule has 29 heavy (non-hydrogen) atoms. The first-order valence-electron chi connectivity index (χ1n) is 11.2. The van der Waals surface area contributed by atoms with E-state index in [2.05, 4.69) is 20.5 Å². The number of rotatable bonds is 6. The van der Waals surface area contributed by atoms with E-state index in [0.717, 1.165) is 23.1 Å². The molecule has 6 heteroatoms. The van der Waals surface area contributed by atoms with Gasteiger partial charge in [0.1, 0.15) is 5.82 Å². The molecule has 0 spiro atoms. The summed E-state index contributed by atoms with van der Waals surface area (Å²) in [4.78, 5) is 9.08. The molecule has 162 valence electrons. The topological polar surface area (TPSA) is 42.9 Å². The second kappa shape index (κ2) is 10.9. The van der Waals surface area contributed by atoms with Crippen molar-refractivity contribution < 1.29 is 4.39 Å². The monoisotopic (exact) mass is 403 g/mol. The highest BCUT2D eigenvalue weighted by atomic mass is 19.1. The van der Waals surface area contributed by atoms with E-state index in [1.54, 1.807) is 6.07 Å². The number of nitrogens with one attached hydrogen (secondary N) is 2. The van der Waals surface area contributed by atoms with Gasteiger partial charge in [-0.05, 0) is 57.5 Å². The number of likely N-dealkylation sites (tertiary alicyclic amines) is 1. The van der Waals surface area contributed by atoms with E-state index in [9.17, 15) is 4.39 Å². The Labute approximate surface area is 175 Å². The molecule has 2 fully saturated rings. The molecule has 2 N–H and O–H groups in total. The number of halogens is 1. The maximum Gasteiger partial charge on any atom is 0.191 e. The van der Waals surface area contributed by atoms with Gasteiger partial charge in [0.15, 0.2) is 5.96 Å². The first-order valence-corrected chi connectivity index (χ1v) is 11.2. The SMILES string of the molecule is CN=C(NCc1ccc(F)c(CN(C)C)c1)NC1CCN(C2CCCCC2)CC1. The zero-order valence-corrected chi connectivity index (χ0v) is 18.4. The van der Waals surface area contributed by atoms with Crippen LogP contribution >= 0.6 is 0 Å². The highest BCUT2D eigenvalue weighted by molar-refractivity contribution is 5.79. The highest BCUT2D eigenvalue weighted by Crippen LogP contribution is 2.25. The van der Waals surface area contributed by atoms with Gasteiger partial charge in [-0.15, -0.1) is 0 Å². The van der Waals surface area contributed by atoms with Crippen LogP contribution in [-0.4, -0.2) is 62.1 Å². The molecule has 0 bridgehead atoms. The standard InChI is InChI=1S/C23H38FN5/c1-25-23(26-16-18-9-10-22(24)19(15-18)17-28(2)3)27-20-11-13-29(14-12-20)21-7-5-4-6-8-21/h9-10,15,20-21H,4-8,11-14,16-17H2,1-3H3,(H2,25,26,27). The van der Waals surface area contributed by atoms with Crippen molar-refractivity contribution in [3.05, 3.63) is 35.1 Å². The third-order valence-electron chi connectivity index (χ3n) is 6.24. The zero-order valence-electron chi connectivity index (χ0n) is 18.4. The number of hydrogen-bond acceptors (Lipinski definition) is 3. The minimum Gasteiger partial charge on any atom is -0.354 e. The molecule has 2 aliphatic rings. The van der Waals surface area contributed by atoms with E-state index < -0.39 is 0 Å². The number of piperidine rings is 1. The summed E-state index contributed by atoms with van der Waals surface area (Å²) in [5, 5.41) is 6.98. The fourth-order valence-corrected chi connectivity index (χ4v) is 4.63. The summed E-state index contributed by atoms with van der Waals surface area (Å²) in [6.07, 6.45) is 9.32. The molecule has 5 nitrogen and oxygen atoms in total. The van der Waals surface area contributed by atoms with Crippen molar-refractivity contribution in [2.75, 3.05) is 34.2 Å². The number of benzene rings is 1. The third-order valence-corrected chi connectivity index (χ3v) is 6.24. The van der Waals surface area contributed by atoms with Gasteiger partial charge >= 0.3 is 0 Å². The first kappa shape index (κ1) is 22.0. The Balaban J connectivity index is 1.45. The second-order valence-corrected chi connectivity index (χ2v) is 8.84. The summed E-state index contributed by atoms with van der Waals surface area (Å²) < 4.78 is 14.0. The summed E-state index contributed by atoms with van der Waals surface area (Å²) >= 11 is 0. The van der Waals surface area contributed by atoms with Crippen molar-refractivity contribution in [1.82, 2.24) is 20.4 Å². The number of guanidine groups is 1. The lowest BCUT2D eigenvalue weighted by molar-refractivity contribution is 0.119. The summed E-state index contributed by atoms with van der Waals surface area (Å²) in [5.41, 5.74) is 1.80. The molecule has 1 aliphatic carbocycles. The minimum absolute atomic E-state index is 0.144. The van der Waals surface area contributed by atoms with Gasteiger partial charge in [0.25, 0.3) is 0 Å². The molecule has 0 radical (unpaired) electrons. The number of hydrogen-bond donors (Lipinski definition) is 2. The summed E-state index contributed by atoms with van der Waals surface area (Å²) in [6.45, 7) is 3.61. The van der Waals surface area contributed by atoms with Gasteiger partial charge in [0, 0.05) is 50.9 Å². The Kier molecular flexibility index (Phi) is 8.30. The van der Waals surface area contributed by atoms with Gasteiger partial charge in [0.05, 0.1) is 0 Å². The molecule has 0 aromatic heterocycles. The first-order chi connectivity index (χ1) is 14.0. The molecule has 1 saturated carbocycles. The van der Waals surface area contributed by atoms with Crippen molar-refractivity contribution in [2.24, 2.45) is 4.99 Å². The molecule has 1 aromatic rings. The van der Waals surface area contributed by atoms with Gasteiger partial charge in [-0.25, -0.2) is 4.39 Å².